The summed E-state index contributed by atoms with van der Waals surface area (Å²) in [6.07, 6.45) is 1.92. The molecule has 1 fully saturated rings. The third-order valence-electron chi connectivity index (χ3n) is 3.70. The van der Waals surface area contributed by atoms with Crippen molar-refractivity contribution >= 4 is 15.9 Å². The van der Waals surface area contributed by atoms with Gasteiger partial charge in [-0.25, -0.2) is 8.42 Å². The maximum absolute atomic E-state index is 12.2. The average Bonchev–Trinajstić information content (AvgIpc) is 2.48. The van der Waals surface area contributed by atoms with Crippen molar-refractivity contribution in [1.82, 2.24) is 15.4 Å². The molecule has 1 amide bonds. The van der Waals surface area contributed by atoms with Gasteiger partial charge < -0.3 is 10.6 Å². The molecule has 6 nitrogen and oxygen atoms in total. The molecular weight excluding hydrogens is 302 g/mol. The van der Waals surface area contributed by atoms with Crippen LogP contribution in [0.1, 0.15) is 25.3 Å². The Morgan fingerprint density at radius 1 is 1.32 bits per heavy atom. The molecule has 0 saturated carbocycles. The summed E-state index contributed by atoms with van der Waals surface area (Å²) >= 11 is 0. The summed E-state index contributed by atoms with van der Waals surface area (Å²) in [5.41, 5.74) is 0.981. The van der Waals surface area contributed by atoms with Gasteiger partial charge in [-0.1, -0.05) is 17.7 Å². The molecule has 1 unspecified atom stereocenters. The largest absolute Gasteiger partial charge is 0.351 e. The number of aryl methyl sites for hydroxylation is 1. The predicted molar refractivity (Wildman–Crippen MR) is 85.0 cm³/mol. The summed E-state index contributed by atoms with van der Waals surface area (Å²) in [6, 6.07) is 5.78. The number of sulfonamides is 1. The van der Waals surface area contributed by atoms with Gasteiger partial charge in [0.15, 0.2) is 0 Å². The fraction of sp³-hybridized carbons (Fsp3) is 0.533. The Kier molecular flexibility index (Phi) is 5.55. The van der Waals surface area contributed by atoms with Crippen LogP contribution >= 0.6 is 0 Å². The highest BCUT2D eigenvalue weighted by atomic mass is 32.2. The van der Waals surface area contributed by atoms with Crippen LogP contribution in [-0.2, 0) is 14.8 Å². The minimum atomic E-state index is -3.69. The van der Waals surface area contributed by atoms with Gasteiger partial charge in [0.2, 0.25) is 15.9 Å². The van der Waals surface area contributed by atoms with Crippen LogP contribution in [0, 0.1) is 6.92 Å². The Morgan fingerprint density at radius 2 is 2.00 bits per heavy atom. The third-order valence-corrected chi connectivity index (χ3v) is 5.26. The van der Waals surface area contributed by atoms with E-state index < -0.39 is 16.1 Å². The smallest absolute Gasteiger partial charge is 0.241 e. The molecule has 2 rings (SSSR count). The second-order valence-electron chi connectivity index (χ2n) is 5.71. The summed E-state index contributed by atoms with van der Waals surface area (Å²) < 4.78 is 26.9. The van der Waals surface area contributed by atoms with Gasteiger partial charge in [0, 0.05) is 12.6 Å². The van der Waals surface area contributed by atoms with E-state index in [-0.39, 0.29) is 16.8 Å². The van der Waals surface area contributed by atoms with E-state index in [1.54, 1.807) is 19.1 Å². The van der Waals surface area contributed by atoms with Crippen molar-refractivity contribution < 1.29 is 13.2 Å². The molecule has 1 aliphatic rings. The Bertz CT molecular complexity index is 607. The summed E-state index contributed by atoms with van der Waals surface area (Å²) in [7, 11) is -3.69. The molecule has 1 heterocycles. The number of amides is 1. The van der Waals surface area contributed by atoms with Crippen molar-refractivity contribution in [3.8, 4) is 0 Å². The van der Waals surface area contributed by atoms with Gasteiger partial charge in [0.25, 0.3) is 0 Å². The van der Waals surface area contributed by atoms with E-state index in [9.17, 15) is 13.2 Å². The van der Waals surface area contributed by atoms with Gasteiger partial charge in [0.05, 0.1) is 10.9 Å². The highest BCUT2D eigenvalue weighted by Gasteiger charge is 2.24. The van der Waals surface area contributed by atoms with Crippen LogP contribution in [-0.4, -0.2) is 39.5 Å². The zero-order valence-electron chi connectivity index (χ0n) is 12.9. The topological polar surface area (TPSA) is 87.3 Å². The molecule has 1 saturated heterocycles. The molecule has 0 bridgehead atoms. The van der Waals surface area contributed by atoms with Crippen molar-refractivity contribution in [2.75, 3.05) is 13.1 Å². The number of nitrogens with one attached hydrogen (secondary N) is 3. The molecule has 0 spiro atoms. The van der Waals surface area contributed by atoms with Crippen LogP contribution < -0.4 is 15.4 Å². The Hall–Kier alpha value is -1.44. The van der Waals surface area contributed by atoms with Crippen molar-refractivity contribution in [3.05, 3.63) is 29.8 Å². The van der Waals surface area contributed by atoms with Crippen LogP contribution in [0.15, 0.2) is 29.2 Å². The number of rotatable bonds is 5. The number of hydrogen-bond acceptors (Lipinski definition) is 4. The normalized spacial score (nSPS) is 20.4. The highest BCUT2D eigenvalue weighted by molar-refractivity contribution is 7.89. The molecule has 0 radical (unpaired) electrons. The van der Waals surface area contributed by atoms with Crippen LogP contribution in [0.4, 0.5) is 0 Å². The first-order chi connectivity index (χ1) is 10.4. The average molecular weight is 325 g/mol. The van der Waals surface area contributed by atoms with Gasteiger partial charge in [0.1, 0.15) is 0 Å². The second kappa shape index (κ2) is 7.21. The Balaban J connectivity index is 1.95. The lowest BCUT2D eigenvalue weighted by Crippen LogP contribution is -2.52. The van der Waals surface area contributed by atoms with E-state index >= 15 is 0 Å². The molecule has 0 aliphatic carbocycles. The first-order valence-electron chi connectivity index (χ1n) is 7.48. The molecule has 0 aromatic heterocycles. The second-order valence-corrected chi connectivity index (χ2v) is 7.42. The van der Waals surface area contributed by atoms with Crippen LogP contribution in [0.2, 0.25) is 0 Å². The minimum Gasteiger partial charge on any atom is -0.351 e. The quantitative estimate of drug-likeness (QED) is 0.737. The number of piperidine rings is 1. The molecular formula is C15H23N3O3S. The lowest BCUT2D eigenvalue weighted by Gasteiger charge is -2.25. The lowest BCUT2D eigenvalue weighted by molar-refractivity contribution is -0.123. The van der Waals surface area contributed by atoms with Gasteiger partial charge in [-0.2, -0.15) is 4.72 Å². The molecule has 2 atom stereocenters. The van der Waals surface area contributed by atoms with Crippen molar-refractivity contribution in [3.63, 3.8) is 0 Å². The molecule has 1 aromatic carbocycles. The van der Waals surface area contributed by atoms with Gasteiger partial charge in [-0.3, -0.25) is 4.79 Å². The summed E-state index contributed by atoms with van der Waals surface area (Å²) in [6.45, 7) is 5.13. The maximum Gasteiger partial charge on any atom is 0.241 e. The van der Waals surface area contributed by atoms with E-state index in [0.29, 0.717) is 0 Å². The van der Waals surface area contributed by atoms with Crippen LogP contribution in [0.3, 0.4) is 0 Å². The van der Waals surface area contributed by atoms with Crippen molar-refractivity contribution in [2.45, 2.75) is 43.7 Å². The van der Waals surface area contributed by atoms with E-state index in [4.69, 9.17) is 0 Å². The predicted octanol–water partition coefficient (Wildman–Crippen LogP) is 0.530. The minimum absolute atomic E-state index is 0.0626. The van der Waals surface area contributed by atoms with E-state index in [1.807, 2.05) is 6.92 Å². The number of carbonyl (C=O) groups excluding carboxylic acids is 1. The summed E-state index contributed by atoms with van der Waals surface area (Å²) in [5, 5.41) is 6.08. The van der Waals surface area contributed by atoms with E-state index in [1.165, 1.54) is 12.1 Å². The number of carbonyl (C=O) groups is 1. The van der Waals surface area contributed by atoms with Crippen LogP contribution in [0.25, 0.3) is 0 Å². The van der Waals surface area contributed by atoms with Crippen molar-refractivity contribution in [2.24, 2.45) is 0 Å². The molecule has 122 valence electrons. The standard InChI is InChI=1S/C15H23N3O3S/c1-11-5-7-14(8-6-11)22(20,21)18-12(2)15(19)17-13-4-3-9-16-10-13/h5-8,12-13,16,18H,3-4,9-10H2,1-2H3,(H,17,19)/t12?,13-/m0/s1. The Labute approximate surface area is 131 Å². The zero-order chi connectivity index (χ0) is 16.2. The van der Waals surface area contributed by atoms with E-state index in [2.05, 4.69) is 15.4 Å². The molecule has 7 heteroatoms. The molecule has 1 aliphatic heterocycles. The Morgan fingerprint density at radius 3 is 2.59 bits per heavy atom. The fourth-order valence-corrected chi connectivity index (χ4v) is 3.58. The number of benzene rings is 1. The third kappa shape index (κ3) is 4.53. The van der Waals surface area contributed by atoms with Crippen LogP contribution in [0.5, 0.6) is 0 Å². The molecule has 22 heavy (non-hydrogen) atoms. The van der Waals surface area contributed by atoms with Gasteiger partial charge in [-0.05, 0) is 45.4 Å². The SMILES string of the molecule is Cc1ccc(S(=O)(=O)NC(C)C(=O)N[C@H]2CCCNC2)cc1. The monoisotopic (exact) mass is 325 g/mol. The first kappa shape index (κ1) is 16.9. The van der Waals surface area contributed by atoms with Gasteiger partial charge >= 0.3 is 0 Å². The summed E-state index contributed by atoms with van der Waals surface area (Å²) in [5.74, 6) is -0.301. The molecule has 1 aromatic rings. The molecule has 3 N–H and O–H groups in total. The number of hydrogen-bond donors (Lipinski definition) is 3. The fourth-order valence-electron chi connectivity index (χ4n) is 2.37. The van der Waals surface area contributed by atoms with E-state index in [0.717, 1.165) is 31.5 Å². The zero-order valence-corrected chi connectivity index (χ0v) is 13.7. The first-order valence-corrected chi connectivity index (χ1v) is 8.97. The van der Waals surface area contributed by atoms with Gasteiger partial charge in [-0.15, -0.1) is 0 Å². The summed E-state index contributed by atoms with van der Waals surface area (Å²) in [4.78, 5) is 12.3. The maximum atomic E-state index is 12.2. The highest BCUT2D eigenvalue weighted by Crippen LogP contribution is 2.10. The van der Waals surface area contributed by atoms with Crippen molar-refractivity contribution in [1.29, 1.82) is 0 Å². The lowest BCUT2D eigenvalue weighted by atomic mass is 10.1.